The number of para-hydroxylation sites is 1. The molecule has 8 heteroatoms. The summed E-state index contributed by atoms with van der Waals surface area (Å²) in [6, 6.07) is 5.19. The van der Waals surface area contributed by atoms with Gasteiger partial charge in [-0.3, -0.25) is 14.5 Å². The lowest BCUT2D eigenvalue weighted by Gasteiger charge is -2.19. The van der Waals surface area contributed by atoms with Crippen molar-refractivity contribution in [1.29, 1.82) is 0 Å². The van der Waals surface area contributed by atoms with Crippen LogP contribution in [0.4, 0.5) is 14.5 Å². The van der Waals surface area contributed by atoms with Gasteiger partial charge in [0.25, 0.3) is 0 Å². The molecule has 1 aromatic carbocycles. The number of methoxy groups -OCH3 is 1. The smallest absolute Gasteiger partial charge is 0.238 e. The van der Waals surface area contributed by atoms with Crippen LogP contribution in [0.25, 0.3) is 0 Å². The SMILES string of the molecule is CCN(CC(=O)Nc1c(F)cccc1F)CC(=O)c1cc(C)n(CCOC)c1C. The van der Waals surface area contributed by atoms with Crippen LogP contribution in [0, 0.1) is 25.5 Å². The Morgan fingerprint density at radius 2 is 1.83 bits per heavy atom. The van der Waals surface area contributed by atoms with E-state index in [2.05, 4.69) is 5.32 Å². The van der Waals surface area contributed by atoms with Crippen LogP contribution in [0.15, 0.2) is 24.3 Å². The molecule has 6 nitrogen and oxygen atoms in total. The average Bonchev–Trinajstić information content (AvgIpc) is 2.96. The van der Waals surface area contributed by atoms with Crippen LogP contribution in [0.1, 0.15) is 28.7 Å². The summed E-state index contributed by atoms with van der Waals surface area (Å²) in [5.41, 5.74) is 1.91. The van der Waals surface area contributed by atoms with Crippen molar-refractivity contribution in [3.63, 3.8) is 0 Å². The van der Waals surface area contributed by atoms with E-state index in [9.17, 15) is 18.4 Å². The first-order valence-corrected chi connectivity index (χ1v) is 9.43. The van der Waals surface area contributed by atoms with Crippen LogP contribution in [0.5, 0.6) is 0 Å². The molecular weight excluding hydrogens is 380 g/mol. The molecule has 0 unspecified atom stereocenters. The number of hydrogen-bond acceptors (Lipinski definition) is 4. The first kappa shape index (κ1) is 22.7. The van der Waals surface area contributed by atoms with Crippen molar-refractivity contribution in [1.82, 2.24) is 9.47 Å². The highest BCUT2D eigenvalue weighted by molar-refractivity contribution is 5.99. The number of likely N-dealkylation sites (N-methyl/N-ethyl adjacent to an activating group) is 1. The van der Waals surface area contributed by atoms with Gasteiger partial charge in [-0.2, -0.15) is 0 Å². The van der Waals surface area contributed by atoms with Gasteiger partial charge in [0.2, 0.25) is 5.91 Å². The Morgan fingerprint density at radius 1 is 1.17 bits per heavy atom. The number of Topliss-reactive ketones (excluding diaryl/α,β-unsaturated/α-hetero) is 1. The molecule has 0 aliphatic carbocycles. The summed E-state index contributed by atoms with van der Waals surface area (Å²) in [5, 5.41) is 2.24. The molecule has 0 fully saturated rings. The van der Waals surface area contributed by atoms with E-state index >= 15 is 0 Å². The molecule has 0 bridgehead atoms. The number of rotatable bonds is 10. The van der Waals surface area contributed by atoms with Crippen molar-refractivity contribution in [2.24, 2.45) is 0 Å². The number of benzene rings is 1. The maximum Gasteiger partial charge on any atom is 0.238 e. The Bertz CT molecular complexity index is 860. The Kier molecular flexibility index (Phi) is 8.04. The maximum atomic E-state index is 13.7. The zero-order valence-corrected chi connectivity index (χ0v) is 17.2. The number of ketones is 1. The fourth-order valence-electron chi connectivity index (χ4n) is 3.18. The summed E-state index contributed by atoms with van der Waals surface area (Å²) in [7, 11) is 1.62. The second-order valence-electron chi connectivity index (χ2n) is 6.80. The predicted octanol–water partition coefficient (Wildman–Crippen LogP) is 3.17. The van der Waals surface area contributed by atoms with Gasteiger partial charge in [-0.25, -0.2) is 8.78 Å². The summed E-state index contributed by atoms with van der Waals surface area (Å²) in [5.74, 6) is -2.40. The molecule has 2 rings (SSSR count). The summed E-state index contributed by atoms with van der Waals surface area (Å²) < 4.78 is 34.5. The molecule has 0 atom stereocenters. The Labute approximate surface area is 169 Å². The number of anilines is 1. The number of halogens is 2. The third-order valence-electron chi connectivity index (χ3n) is 4.80. The van der Waals surface area contributed by atoms with E-state index in [1.54, 1.807) is 12.0 Å². The topological polar surface area (TPSA) is 63.6 Å². The van der Waals surface area contributed by atoms with E-state index in [0.29, 0.717) is 25.3 Å². The van der Waals surface area contributed by atoms with Gasteiger partial charge in [-0.05, 0) is 38.6 Å². The number of nitrogens with one attached hydrogen (secondary N) is 1. The van der Waals surface area contributed by atoms with E-state index in [1.807, 2.05) is 31.4 Å². The highest BCUT2D eigenvalue weighted by atomic mass is 19.1. The van der Waals surface area contributed by atoms with Crippen molar-refractivity contribution >= 4 is 17.4 Å². The number of ether oxygens (including phenoxy) is 1. The largest absolute Gasteiger partial charge is 0.383 e. The maximum absolute atomic E-state index is 13.7. The van der Waals surface area contributed by atoms with Gasteiger partial charge < -0.3 is 14.6 Å². The molecule has 2 aromatic rings. The number of nitrogens with zero attached hydrogens (tertiary/aromatic N) is 2. The van der Waals surface area contributed by atoms with Crippen LogP contribution in [-0.2, 0) is 16.1 Å². The van der Waals surface area contributed by atoms with Crippen LogP contribution in [-0.4, -0.2) is 54.5 Å². The first-order chi connectivity index (χ1) is 13.8. The fourth-order valence-corrected chi connectivity index (χ4v) is 3.18. The summed E-state index contributed by atoms with van der Waals surface area (Å²) in [4.78, 5) is 26.6. The lowest BCUT2D eigenvalue weighted by molar-refractivity contribution is -0.117. The fraction of sp³-hybridized carbons (Fsp3) is 0.429. The summed E-state index contributed by atoms with van der Waals surface area (Å²) >= 11 is 0. The summed E-state index contributed by atoms with van der Waals surface area (Å²) in [6.07, 6.45) is 0. The van der Waals surface area contributed by atoms with E-state index in [-0.39, 0.29) is 18.9 Å². The quantitative estimate of drug-likeness (QED) is 0.615. The van der Waals surface area contributed by atoms with Crippen molar-refractivity contribution < 1.29 is 23.1 Å². The van der Waals surface area contributed by atoms with Gasteiger partial charge in [0.15, 0.2) is 5.78 Å². The normalized spacial score (nSPS) is 11.1. The second-order valence-corrected chi connectivity index (χ2v) is 6.80. The Balaban J connectivity index is 2.04. The van der Waals surface area contributed by atoms with Crippen LogP contribution in [0.2, 0.25) is 0 Å². The highest BCUT2D eigenvalue weighted by Crippen LogP contribution is 2.18. The van der Waals surface area contributed by atoms with E-state index in [0.717, 1.165) is 23.5 Å². The van der Waals surface area contributed by atoms with Crippen LogP contribution in [0.3, 0.4) is 0 Å². The van der Waals surface area contributed by atoms with Gasteiger partial charge in [0, 0.05) is 30.6 Å². The van der Waals surface area contributed by atoms with Crippen LogP contribution >= 0.6 is 0 Å². The molecule has 29 heavy (non-hydrogen) atoms. The van der Waals surface area contributed by atoms with Crippen LogP contribution < -0.4 is 5.32 Å². The van der Waals surface area contributed by atoms with Crippen molar-refractivity contribution in [3.8, 4) is 0 Å². The average molecular weight is 407 g/mol. The van der Waals surface area contributed by atoms with Gasteiger partial charge >= 0.3 is 0 Å². The van der Waals surface area contributed by atoms with Crippen molar-refractivity contribution in [3.05, 3.63) is 52.9 Å². The number of carbonyl (C=O) groups is 2. The monoisotopic (exact) mass is 407 g/mol. The molecule has 0 spiro atoms. The minimum absolute atomic E-state index is 0.0260. The molecule has 0 saturated heterocycles. The molecule has 0 aliphatic rings. The molecule has 1 heterocycles. The molecular formula is C21H27F2N3O3. The van der Waals surface area contributed by atoms with Crippen molar-refractivity contribution in [2.75, 3.05) is 38.7 Å². The zero-order chi connectivity index (χ0) is 21.6. The minimum Gasteiger partial charge on any atom is -0.383 e. The number of aromatic nitrogens is 1. The van der Waals surface area contributed by atoms with Gasteiger partial charge in [-0.1, -0.05) is 13.0 Å². The first-order valence-electron chi connectivity index (χ1n) is 9.43. The number of hydrogen-bond donors (Lipinski definition) is 1. The zero-order valence-electron chi connectivity index (χ0n) is 17.2. The third-order valence-corrected chi connectivity index (χ3v) is 4.80. The standard InChI is InChI=1S/C21H27F2N3O3/c1-5-25(13-20(28)24-21-17(22)7-6-8-18(21)23)12-19(27)16-11-14(2)26(15(16)3)9-10-29-4/h6-8,11H,5,9-10,12-13H2,1-4H3,(H,24,28). The Morgan fingerprint density at radius 3 is 2.41 bits per heavy atom. The molecule has 0 aliphatic heterocycles. The lowest BCUT2D eigenvalue weighted by Crippen LogP contribution is -2.37. The molecule has 0 radical (unpaired) electrons. The minimum atomic E-state index is -0.846. The predicted molar refractivity (Wildman–Crippen MR) is 107 cm³/mol. The number of aryl methyl sites for hydroxylation is 1. The summed E-state index contributed by atoms with van der Waals surface area (Å²) in [6.45, 7) is 7.10. The molecule has 1 amide bonds. The Hall–Kier alpha value is -2.58. The third kappa shape index (κ3) is 5.71. The van der Waals surface area contributed by atoms with E-state index < -0.39 is 23.2 Å². The highest BCUT2D eigenvalue weighted by Gasteiger charge is 2.20. The molecule has 1 N–H and O–H groups in total. The second kappa shape index (κ2) is 10.3. The van der Waals surface area contributed by atoms with Gasteiger partial charge in [0.05, 0.1) is 19.7 Å². The molecule has 158 valence electrons. The molecule has 1 aromatic heterocycles. The number of carbonyl (C=O) groups excluding carboxylic acids is 2. The van der Waals surface area contributed by atoms with E-state index in [1.165, 1.54) is 6.07 Å². The molecule has 0 saturated carbocycles. The van der Waals surface area contributed by atoms with E-state index in [4.69, 9.17) is 4.74 Å². The lowest BCUT2D eigenvalue weighted by atomic mass is 10.1. The van der Waals surface area contributed by atoms with Gasteiger partial charge in [0.1, 0.15) is 17.3 Å². The van der Waals surface area contributed by atoms with Gasteiger partial charge in [-0.15, -0.1) is 0 Å². The van der Waals surface area contributed by atoms with Crippen molar-refractivity contribution in [2.45, 2.75) is 27.3 Å². The number of amides is 1.